The summed E-state index contributed by atoms with van der Waals surface area (Å²) in [4.78, 5) is 4.64. The standard InChI is InChI=1S/C14H25N3S/c1-4-9-15-14-16-13(17-18-14)12-7-5-11(6-8-12)10(2)3/h10-12H,4-9H2,1-3H3,(H,15,16,17). The van der Waals surface area contributed by atoms with E-state index in [-0.39, 0.29) is 0 Å². The average Bonchev–Trinajstić information content (AvgIpc) is 2.85. The van der Waals surface area contributed by atoms with Crippen LogP contribution in [-0.4, -0.2) is 15.9 Å². The highest BCUT2D eigenvalue weighted by molar-refractivity contribution is 7.09. The van der Waals surface area contributed by atoms with Crippen LogP contribution in [0.1, 0.15) is 64.6 Å². The average molecular weight is 267 g/mol. The maximum Gasteiger partial charge on any atom is 0.202 e. The van der Waals surface area contributed by atoms with Crippen molar-refractivity contribution in [2.24, 2.45) is 11.8 Å². The Morgan fingerprint density at radius 1 is 1.28 bits per heavy atom. The predicted octanol–water partition coefficient (Wildman–Crippen LogP) is 4.29. The molecule has 1 aromatic rings. The Balaban J connectivity index is 1.87. The summed E-state index contributed by atoms with van der Waals surface area (Å²) in [6.45, 7) is 7.86. The lowest BCUT2D eigenvalue weighted by molar-refractivity contribution is 0.255. The molecule has 1 aliphatic rings. The Hall–Kier alpha value is -0.640. The van der Waals surface area contributed by atoms with Crippen LogP contribution < -0.4 is 5.32 Å². The first-order valence-electron chi connectivity index (χ1n) is 7.28. The molecule has 1 saturated carbocycles. The molecule has 0 unspecified atom stereocenters. The van der Waals surface area contributed by atoms with Crippen molar-refractivity contribution in [2.75, 3.05) is 11.9 Å². The van der Waals surface area contributed by atoms with Crippen LogP contribution in [0.15, 0.2) is 0 Å². The smallest absolute Gasteiger partial charge is 0.202 e. The van der Waals surface area contributed by atoms with Crippen molar-refractivity contribution in [2.45, 2.75) is 58.8 Å². The van der Waals surface area contributed by atoms with Crippen LogP contribution in [0, 0.1) is 11.8 Å². The van der Waals surface area contributed by atoms with Crippen LogP contribution in [0.4, 0.5) is 5.13 Å². The summed E-state index contributed by atoms with van der Waals surface area (Å²) >= 11 is 1.52. The number of aromatic nitrogens is 2. The molecule has 1 aromatic heterocycles. The minimum absolute atomic E-state index is 0.605. The van der Waals surface area contributed by atoms with Crippen molar-refractivity contribution in [1.29, 1.82) is 0 Å². The van der Waals surface area contributed by atoms with Gasteiger partial charge in [0.05, 0.1) is 0 Å². The zero-order valence-electron chi connectivity index (χ0n) is 11.8. The van der Waals surface area contributed by atoms with Gasteiger partial charge >= 0.3 is 0 Å². The number of nitrogens with one attached hydrogen (secondary N) is 1. The van der Waals surface area contributed by atoms with Gasteiger partial charge < -0.3 is 5.32 Å². The Bertz CT molecular complexity index is 354. The topological polar surface area (TPSA) is 37.8 Å². The summed E-state index contributed by atoms with van der Waals surface area (Å²) in [6, 6.07) is 0. The minimum atomic E-state index is 0.605. The van der Waals surface area contributed by atoms with E-state index in [1.165, 1.54) is 37.2 Å². The third-order valence-electron chi connectivity index (χ3n) is 4.05. The summed E-state index contributed by atoms with van der Waals surface area (Å²) in [7, 11) is 0. The molecule has 1 fully saturated rings. The molecule has 2 rings (SSSR count). The zero-order valence-corrected chi connectivity index (χ0v) is 12.6. The van der Waals surface area contributed by atoms with E-state index < -0.39 is 0 Å². The summed E-state index contributed by atoms with van der Waals surface area (Å²) in [5.41, 5.74) is 0. The third-order valence-corrected chi connectivity index (χ3v) is 4.73. The molecule has 1 N–H and O–H groups in total. The van der Waals surface area contributed by atoms with Gasteiger partial charge in [-0.15, -0.1) is 0 Å². The molecule has 0 amide bonds. The van der Waals surface area contributed by atoms with Crippen molar-refractivity contribution in [3.63, 3.8) is 0 Å². The first-order valence-corrected chi connectivity index (χ1v) is 8.05. The molecule has 0 aliphatic heterocycles. The van der Waals surface area contributed by atoms with Crippen LogP contribution in [0.2, 0.25) is 0 Å². The number of anilines is 1. The van der Waals surface area contributed by atoms with Gasteiger partial charge in [0.25, 0.3) is 0 Å². The van der Waals surface area contributed by atoms with Crippen molar-refractivity contribution >= 4 is 16.7 Å². The van der Waals surface area contributed by atoms with E-state index >= 15 is 0 Å². The highest BCUT2D eigenvalue weighted by Gasteiger charge is 2.26. The lowest BCUT2D eigenvalue weighted by atomic mass is 9.77. The van der Waals surface area contributed by atoms with Gasteiger partial charge in [-0.1, -0.05) is 20.8 Å². The van der Waals surface area contributed by atoms with E-state index in [0.717, 1.165) is 35.8 Å². The first-order chi connectivity index (χ1) is 8.70. The van der Waals surface area contributed by atoms with Crippen molar-refractivity contribution < 1.29 is 0 Å². The molecule has 4 heteroatoms. The summed E-state index contributed by atoms with van der Waals surface area (Å²) in [5.74, 6) is 3.43. The quantitative estimate of drug-likeness (QED) is 0.864. The van der Waals surface area contributed by atoms with Crippen LogP contribution in [0.5, 0.6) is 0 Å². The Morgan fingerprint density at radius 3 is 2.61 bits per heavy atom. The molecular formula is C14H25N3S. The SMILES string of the molecule is CCCNc1nc(C2CCC(C(C)C)CC2)ns1. The van der Waals surface area contributed by atoms with E-state index in [1.807, 2.05) is 0 Å². The molecular weight excluding hydrogens is 242 g/mol. The lowest BCUT2D eigenvalue weighted by Crippen LogP contribution is -2.18. The van der Waals surface area contributed by atoms with Gasteiger partial charge in [0.15, 0.2) is 0 Å². The number of hydrogen-bond acceptors (Lipinski definition) is 4. The van der Waals surface area contributed by atoms with Gasteiger partial charge in [-0.3, -0.25) is 0 Å². The molecule has 102 valence electrons. The fourth-order valence-electron chi connectivity index (χ4n) is 2.75. The highest BCUT2D eigenvalue weighted by Crippen LogP contribution is 2.38. The largest absolute Gasteiger partial charge is 0.360 e. The molecule has 3 nitrogen and oxygen atoms in total. The van der Waals surface area contributed by atoms with Crippen molar-refractivity contribution in [1.82, 2.24) is 9.36 Å². The number of nitrogens with zero attached hydrogens (tertiary/aromatic N) is 2. The van der Waals surface area contributed by atoms with E-state index in [4.69, 9.17) is 0 Å². The predicted molar refractivity (Wildman–Crippen MR) is 78.2 cm³/mol. The second-order valence-electron chi connectivity index (χ2n) is 5.74. The Kier molecular flexibility index (Phi) is 4.98. The van der Waals surface area contributed by atoms with Gasteiger partial charge in [0, 0.05) is 24.0 Å². The fourth-order valence-corrected chi connectivity index (χ4v) is 3.42. The molecule has 1 aliphatic carbocycles. The monoisotopic (exact) mass is 267 g/mol. The molecule has 0 atom stereocenters. The molecule has 0 spiro atoms. The van der Waals surface area contributed by atoms with Crippen LogP contribution >= 0.6 is 11.5 Å². The Labute approximate surface area is 115 Å². The Morgan fingerprint density at radius 2 is 2.00 bits per heavy atom. The first kappa shape index (κ1) is 13.8. The number of hydrogen-bond donors (Lipinski definition) is 1. The second-order valence-corrected chi connectivity index (χ2v) is 6.49. The van der Waals surface area contributed by atoms with Crippen LogP contribution in [0.25, 0.3) is 0 Å². The second kappa shape index (κ2) is 6.50. The van der Waals surface area contributed by atoms with E-state index in [1.54, 1.807) is 0 Å². The van der Waals surface area contributed by atoms with Gasteiger partial charge in [-0.2, -0.15) is 4.37 Å². The lowest BCUT2D eigenvalue weighted by Gasteiger charge is -2.29. The molecule has 1 heterocycles. The highest BCUT2D eigenvalue weighted by atomic mass is 32.1. The van der Waals surface area contributed by atoms with Gasteiger partial charge in [-0.25, -0.2) is 4.98 Å². The van der Waals surface area contributed by atoms with E-state index in [0.29, 0.717) is 5.92 Å². The molecule has 0 bridgehead atoms. The molecule has 0 radical (unpaired) electrons. The number of rotatable bonds is 5. The van der Waals surface area contributed by atoms with Gasteiger partial charge in [-0.05, 0) is 43.9 Å². The van der Waals surface area contributed by atoms with Crippen molar-refractivity contribution in [3.8, 4) is 0 Å². The third kappa shape index (κ3) is 3.44. The molecule has 0 aromatic carbocycles. The van der Waals surface area contributed by atoms with Gasteiger partial charge in [0.1, 0.15) is 5.82 Å². The maximum absolute atomic E-state index is 4.64. The molecule has 0 saturated heterocycles. The van der Waals surface area contributed by atoms with Crippen molar-refractivity contribution in [3.05, 3.63) is 5.82 Å². The summed E-state index contributed by atoms with van der Waals surface area (Å²) < 4.78 is 4.53. The normalized spacial score (nSPS) is 24.4. The summed E-state index contributed by atoms with van der Waals surface area (Å²) in [6.07, 6.45) is 6.37. The maximum atomic E-state index is 4.64. The zero-order chi connectivity index (χ0) is 13.0. The molecule has 18 heavy (non-hydrogen) atoms. The fraction of sp³-hybridized carbons (Fsp3) is 0.857. The van der Waals surface area contributed by atoms with Crippen LogP contribution in [0.3, 0.4) is 0 Å². The van der Waals surface area contributed by atoms with E-state index in [2.05, 4.69) is 35.4 Å². The van der Waals surface area contributed by atoms with E-state index in [9.17, 15) is 0 Å². The van der Waals surface area contributed by atoms with Crippen LogP contribution in [-0.2, 0) is 0 Å². The summed E-state index contributed by atoms with van der Waals surface area (Å²) in [5, 5.41) is 4.32. The van der Waals surface area contributed by atoms with Gasteiger partial charge in [0.2, 0.25) is 5.13 Å². The minimum Gasteiger partial charge on any atom is -0.360 e.